The molecule has 0 amide bonds. The first-order valence-corrected chi connectivity index (χ1v) is 10.2. The van der Waals surface area contributed by atoms with Crippen molar-refractivity contribution in [3.05, 3.63) is 70.4 Å². The van der Waals surface area contributed by atoms with E-state index in [0.29, 0.717) is 12.3 Å². The van der Waals surface area contributed by atoms with Gasteiger partial charge in [0.15, 0.2) is 5.78 Å². The number of aryl methyl sites for hydroxylation is 1. The van der Waals surface area contributed by atoms with Gasteiger partial charge in [-0.25, -0.2) is 0 Å². The first-order valence-electron chi connectivity index (χ1n) is 10.2. The average molecular weight is 375 g/mol. The molecule has 1 aliphatic heterocycles. The molecule has 2 aliphatic rings. The van der Waals surface area contributed by atoms with Crippen LogP contribution in [-0.2, 0) is 4.79 Å². The van der Waals surface area contributed by atoms with Gasteiger partial charge in [-0.2, -0.15) is 0 Å². The van der Waals surface area contributed by atoms with Crippen molar-refractivity contribution in [2.75, 3.05) is 10.6 Å². The normalized spacial score (nSPS) is 20.8. The number of allylic oxidation sites excluding steroid dienone is 1. The number of hydrogen-bond donors (Lipinski definition) is 2. The third kappa shape index (κ3) is 3.46. The Labute approximate surface area is 168 Å². The zero-order chi connectivity index (χ0) is 20.1. The van der Waals surface area contributed by atoms with Crippen molar-refractivity contribution in [2.24, 2.45) is 5.41 Å². The highest BCUT2D eigenvalue weighted by molar-refractivity contribution is 6.01. The van der Waals surface area contributed by atoms with E-state index in [9.17, 15) is 4.79 Å². The van der Waals surface area contributed by atoms with Crippen LogP contribution in [0.15, 0.2) is 53.7 Å². The summed E-state index contributed by atoms with van der Waals surface area (Å²) in [4.78, 5) is 13.2. The molecular formula is C25H30N2O. The third-order valence-electron chi connectivity index (χ3n) is 5.91. The quantitative estimate of drug-likeness (QED) is 0.644. The van der Waals surface area contributed by atoms with E-state index in [1.54, 1.807) is 0 Å². The SMILES string of the molecule is Cc1ccc2c(c1)N[C@H](c1ccc(C(C)C)cc1)C1=C(CC(C)(C)CC1=O)N2. The number of fused-ring (bicyclic) bond motifs is 1. The largest absolute Gasteiger partial charge is 0.372 e. The van der Waals surface area contributed by atoms with Crippen LogP contribution in [0.5, 0.6) is 0 Å². The van der Waals surface area contributed by atoms with Crippen molar-refractivity contribution < 1.29 is 4.79 Å². The van der Waals surface area contributed by atoms with E-state index < -0.39 is 0 Å². The van der Waals surface area contributed by atoms with Gasteiger partial charge in [0.05, 0.1) is 17.4 Å². The lowest BCUT2D eigenvalue weighted by atomic mass is 9.73. The van der Waals surface area contributed by atoms with Crippen LogP contribution in [0.25, 0.3) is 0 Å². The minimum atomic E-state index is -0.129. The van der Waals surface area contributed by atoms with Crippen molar-refractivity contribution in [3.63, 3.8) is 0 Å². The van der Waals surface area contributed by atoms with Crippen LogP contribution in [-0.4, -0.2) is 5.78 Å². The van der Waals surface area contributed by atoms with Gasteiger partial charge in [-0.15, -0.1) is 0 Å². The van der Waals surface area contributed by atoms with Crippen molar-refractivity contribution in [3.8, 4) is 0 Å². The van der Waals surface area contributed by atoms with Crippen LogP contribution in [0.1, 0.15) is 69.2 Å². The Balaban J connectivity index is 1.84. The standard InChI is InChI=1S/C25H30N2O/c1-15(2)17-7-9-18(10-8-17)24-23-21(13-25(4,5)14-22(23)28)26-19-11-6-16(3)12-20(19)27-24/h6-12,15,24,26-27H,13-14H2,1-5H3/t24-/m1/s1. The second-order valence-corrected chi connectivity index (χ2v) is 9.41. The smallest absolute Gasteiger partial charge is 0.163 e. The van der Waals surface area contributed by atoms with Crippen LogP contribution in [0, 0.1) is 12.3 Å². The molecular weight excluding hydrogens is 344 g/mol. The highest BCUT2D eigenvalue weighted by atomic mass is 16.1. The van der Waals surface area contributed by atoms with Crippen LogP contribution in [0.3, 0.4) is 0 Å². The monoisotopic (exact) mass is 374 g/mol. The topological polar surface area (TPSA) is 41.1 Å². The van der Waals surface area contributed by atoms with E-state index in [4.69, 9.17) is 0 Å². The van der Waals surface area contributed by atoms with Gasteiger partial charge in [-0.3, -0.25) is 4.79 Å². The summed E-state index contributed by atoms with van der Waals surface area (Å²) in [5.74, 6) is 0.738. The molecule has 0 fully saturated rings. The molecule has 0 spiro atoms. The van der Waals surface area contributed by atoms with Crippen molar-refractivity contribution in [1.29, 1.82) is 0 Å². The lowest BCUT2D eigenvalue weighted by Crippen LogP contribution is -2.31. The molecule has 0 radical (unpaired) electrons. The molecule has 3 heteroatoms. The van der Waals surface area contributed by atoms with Gasteiger partial charge in [0, 0.05) is 17.7 Å². The Bertz CT molecular complexity index is 951. The Kier molecular flexibility index (Phi) is 4.57. The summed E-state index contributed by atoms with van der Waals surface area (Å²) in [6.07, 6.45) is 1.47. The number of hydrogen-bond acceptors (Lipinski definition) is 3. The molecule has 1 aliphatic carbocycles. The minimum absolute atomic E-state index is 0.0236. The molecule has 2 aromatic carbocycles. The van der Waals surface area contributed by atoms with Gasteiger partial charge in [0.1, 0.15) is 0 Å². The highest BCUT2D eigenvalue weighted by Gasteiger charge is 2.38. The Morgan fingerprint density at radius 3 is 2.39 bits per heavy atom. The molecule has 2 N–H and O–H groups in total. The molecule has 28 heavy (non-hydrogen) atoms. The summed E-state index contributed by atoms with van der Waals surface area (Å²) in [5, 5.41) is 7.28. The maximum absolute atomic E-state index is 13.2. The number of anilines is 2. The molecule has 1 atom stereocenters. The molecule has 0 saturated heterocycles. The van der Waals surface area contributed by atoms with Crippen molar-refractivity contribution >= 4 is 17.2 Å². The maximum Gasteiger partial charge on any atom is 0.163 e. The number of benzene rings is 2. The summed E-state index contributed by atoms with van der Waals surface area (Å²) in [6.45, 7) is 10.9. The van der Waals surface area contributed by atoms with Gasteiger partial charge in [-0.05, 0) is 53.5 Å². The van der Waals surface area contributed by atoms with E-state index in [2.05, 4.69) is 87.7 Å². The number of ketones is 1. The zero-order valence-corrected chi connectivity index (χ0v) is 17.5. The average Bonchev–Trinajstić information content (AvgIpc) is 2.77. The molecule has 0 aromatic heterocycles. The van der Waals surface area contributed by atoms with Crippen molar-refractivity contribution in [1.82, 2.24) is 0 Å². The lowest BCUT2D eigenvalue weighted by Gasteiger charge is -2.34. The predicted molar refractivity (Wildman–Crippen MR) is 117 cm³/mol. The van der Waals surface area contributed by atoms with E-state index >= 15 is 0 Å². The molecule has 0 unspecified atom stereocenters. The molecule has 0 saturated carbocycles. The van der Waals surface area contributed by atoms with Gasteiger partial charge >= 0.3 is 0 Å². The molecule has 2 aromatic rings. The summed E-state index contributed by atoms with van der Waals surface area (Å²) >= 11 is 0. The molecule has 1 heterocycles. The molecule has 0 bridgehead atoms. The summed E-state index contributed by atoms with van der Waals surface area (Å²) in [6, 6.07) is 15.0. The fraction of sp³-hybridized carbons (Fsp3) is 0.400. The third-order valence-corrected chi connectivity index (χ3v) is 5.91. The summed E-state index contributed by atoms with van der Waals surface area (Å²) in [5.41, 5.74) is 7.69. The van der Waals surface area contributed by atoms with Gasteiger partial charge in [0.25, 0.3) is 0 Å². The second kappa shape index (κ2) is 6.80. The van der Waals surface area contributed by atoms with Gasteiger partial charge in [0.2, 0.25) is 0 Å². The number of carbonyl (C=O) groups is 1. The van der Waals surface area contributed by atoms with E-state index in [-0.39, 0.29) is 17.2 Å². The summed E-state index contributed by atoms with van der Waals surface area (Å²) < 4.78 is 0. The maximum atomic E-state index is 13.2. The predicted octanol–water partition coefficient (Wildman–Crippen LogP) is 6.34. The van der Waals surface area contributed by atoms with Gasteiger partial charge in [-0.1, -0.05) is 58.0 Å². The first-order chi connectivity index (χ1) is 13.2. The van der Waals surface area contributed by atoms with Crippen molar-refractivity contribution in [2.45, 2.75) is 59.4 Å². The van der Waals surface area contributed by atoms with Crippen LogP contribution < -0.4 is 10.6 Å². The van der Waals surface area contributed by atoms with Crippen LogP contribution in [0.4, 0.5) is 11.4 Å². The van der Waals surface area contributed by atoms with Gasteiger partial charge < -0.3 is 10.6 Å². The second-order valence-electron chi connectivity index (χ2n) is 9.41. The summed E-state index contributed by atoms with van der Waals surface area (Å²) in [7, 11) is 0. The molecule has 146 valence electrons. The first kappa shape index (κ1) is 18.8. The van der Waals surface area contributed by atoms with Crippen LogP contribution in [0.2, 0.25) is 0 Å². The van der Waals surface area contributed by atoms with Crippen LogP contribution >= 0.6 is 0 Å². The highest BCUT2D eigenvalue weighted by Crippen LogP contribution is 2.45. The molecule has 4 rings (SSSR count). The fourth-order valence-electron chi connectivity index (χ4n) is 4.38. The Morgan fingerprint density at radius 1 is 1.00 bits per heavy atom. The Hall–Kier alpha value is -2.55. The number of nitrogens with one attached hydrogen (secondary N) is 2. The van der Waals surface area contributed by atoms with E-state index in [1.165, 1.54) is 11.1 Å². The Morgan fingerprint density at radius 2 is 1.71 bits per heavy atom. The zero-order valence-electron chi connectivity index (χ0n) is 17.5. The minimum Gasteiger partial charge on any atom is -0.372 e. The number of rotatable bonds is 2. The number of carbonyl (C=O) groups excluding carboxylic acids is 1. The van der Waals surface area contributed by atoms with E-state index in [0.717, 1.165) is 34.6 Å². The van der Waals surface area contributed by atoms with E-state index in [1.807, 2.05) is 0 Å². The lowest BCUT2D eigenvalue weighted by molar-refractivity contribution is -0.118. The fourth-order valence-corrected chi connectivity index (χ4v) is 4.38. The molecule has 3 nitrogen and oxygen atoms in total. The number of Topliss-reactive ketones (excluding diaryl/α,β-unsaturated/α-hetero) is 1.